The number of halogens is 2. The molecule has 0 aliphatic heterocycles. The van der Waals surface area contributed by atoms with Crippen molar-refractivity contribution >= 4 is 23.2 Å². The van der Waals surface area contributed by atoms with Crippen molar-refractivity contribution in [1.29, 1.82) is 0 Å². The Labute approximate surface area is 154 Å². The van der Waals surface area contributed by atoms with Gasteiger partial charge in [-0.2, -0.15) is 0 Å². The summed E-state index contributed by atoms with van der Waals surface area (Å²) in [7, 11) is 3.08. The van der Waals surface area contributed by atoms with E-state index in [1.54, 1.807) is 50.6 Å². The maximum absolute atomic E-state index is 9.95. The molecule has 3 aromatic rings. The van der Waals surface area contributed by atoms with Gasteiger partial charge in [0.15, 0.2) is 5.76 Å². The van der Waals surface area contributed by atoms with E-state index in [0.717, 1.165) is 0 Å². The van der Waals surface area contributed by atoms with Crippen molar-refractivity contribution in [2.75, 3.05) is 14.2 Å². The topological polar surface area (TPSA) is 64.7 Å². The van der Waals surface area contributed by atoms with Crippen LogP contribution in [0.2, 0.25) is 10.0 Å². The van der Waals surface area contributed by atoms with Crippen LogP contribution in [-0.4, -0.2) is 24.5 Å². The zero-order chi connectivity index (χ0) is 18.0. The van der Waals surface area contributed by atoms with Crippen molar-refractivity contribution in [2.24, 2.45) is 0 Å². The Kier molecular flexibility index (Phi) is 5.18. The fourth-order valence-electron chi connectivity index (χ4n) is 2.65. The Bertz CT molecular complexity index is 866. The summed E-state index contributed by atoms with van der Waals surface area (Å²) in [6, 6.07) is 10.5. The molecule has 25 heavy (non-hydrogen) atoms. The van der Waals surface area contributed by atoms with E-state index in [2.05, 4.69) is 5.16 Å². The van der Waals surface area contributed by atoms with Crippen LogP contribution in [0.1, 0.15) is 5.56 Å². The highest BCUT2D eigenvalue weighted by Crippen LogP contribution is 2.44. The first-order chi connectivity index (χ1) is 12.1. The number of hydrogen-bond donors (Lipinski definition) is 1. The van der Waals surface area contributed by atoms with Crippen LogP contribution in [0.25, 0.3) is 22.6 Å². The van der Waals surface area contributed by atoms with Crippen molar-refractivity contribution < 1.29 is 19.1 Å². The monoisotopic (exact) mass is 379 g/mol. The molecule has 0 saturated heterocycles. The molecule has 5 nitrogen and oxygen atoms in total. The minimum Gasteiger partial charge on any atom is -0.496 e. The molecule has 2 aromatic carbocycles. The van der Waals surface area contributed by atoms with Gasteiger partial charge in [-0.05, 0) is 24.3 Å². The van der Waals surface area contributed by atoms with E-state index in [1.165, 1.54) is 0 Å². The zero-order valence-electron chi connectivity index (χ0n) is 13.5. The minimum atomic E-state index is -0.322. The van der Waals surface area contributed by atoms with Crippen LogP contribution in [0.3, 0.4) is 0 Å². The van der Waals surface area contributed by atoms with Crippen LogP contribution >= 0.6 is 23.2 Å². The summed E-state index contributed by atoms with van der Waals surface area (Å²) in [6.45, 7) is -0.322. The SMILES string of the molecule is COc1cccc(OC)c1-c1onc(-c2c(Cl)cccc2Cl)c1CO. The largest absolute Gasteiger partial charge is 0.496 e. The van der Waals surface area contributed by atoms with Crippen molar-refractivity contribution in [3.8, 4) is 34.1 Å². The maximum atomic E-state index is 9.95. The molecule has 1 aromatic heterocycles. The van der Waals surface area contributed by atoms with Gasteiger partial charge < -0.3 is 19.1 Å². The number of benzene rings is 2. The summed E-state index contributed by atoms with van der Waals surface area (Å²) in [4.78, 5) is 0. The molecular weight excluding hydrogens is 365 g/mol. The average molecular weight is 380 g/mol. The van der Waals surface area contributed by atoms with Crippen molar-refractivity contribution in [1.82, 2.24) is 5.16 Å². The Balaban J connectivity index is 2.27. The summed E-state index contributed by atoms with van der Waals surface area (Å²) in [6.07, 6.45) is 0. The lowest BCUT2D eigenvalue weighted by atomic mass is 10.0. The van der Waals surface area contributed by atoms with E-state index in [4.69, 9.17) is 37.2 Å². The summed E-state index contributed by atoms with van der Waals surface area (Å²) in [5.41, 5.74) is 1.87. The molecule has 0 amide bonds. The van der Waals surface area contributed by atoms with Crippen LogP contribution in [0.15, 0.2) is 40.9 Å². The second-order valence-electron chi connectivity index (χ2n) is 5.13. The Hall–Kier alpha value is -2.21. The molecule has 0 atom stereocenters. The number of hydrogen-bond acceptors (Lipinski definition) is 5. The molecule has 0 unspecified atom stereocenters. The van der Waals surface area contributed by atoms with Gasteiger partial charge in [-0.1, -0.05) is 40.5 Å². The van der Waals surface area contributed by atoms with Crippen molar-refractivity contribution in [3.05, 3.63) is 52.0 Å². The lowest BCUT2D eigenvalue weighted by molar-refractivity contribution is 0.281. The molecule has 0 bridgehead atoms. The van der Waals surface area contributed by atoms with E-state index < -0.39 is 0 Å². The zero-order valence-corrected chi connectivity index (χ0v) is 15.1. The molecule has 1 N–H and O–H groups in total. The molecule has 0 saturated carbocycles. The van der Waals surface area contributed by atoms with Gasteiger partial charge >= 0.3 is 0 Å². The van der Waals surface area contributed by atoms with Crippen LogP contribution in [0.4, 0.5) is 0 Å². The third-order valence-corrected chi connectivity index (χ3v) is 4.43. The van der Waals surface area contributed by atoms with E-state index in [1.807, 2.05) is 0 Å². The molecule has 0 aliphatic carbocycles. The van der Waals surface area contributed by atoms with Gasteiger partial charge in [-0.3, -0.25) is 0 Å². The predicted octanol–water partition coefficient (Wildman–Crippen LogP) is 4.82. The van der Waals surface area contributed by atoms with Crippen molar-refractivity contribution in [2.45, 2.75) is 6.61 Å². The fourth-order valence-corrected chi connectivity index (χ4v) is 3.22. The standard InChI is InChI=1S/C18H15Cl2NO4/c1-23-13-7-4-8-14(24-2)16(13)18-10(9-22)17(21-25-18)15-11(19)5-3-6-12(15)20/h3-8,22H,9H2,1-2H3. The summed E-state index contributed by atoms with van der Waals surface area (Å²) >= 11 is 12.5. The predicted molar refractivity (Wildman–Crippen MR) is 96.4 cm³/mol. The van der Waals surface area contributed by atoms with Crippen LogP contribution in [0.5, 0.6) is 11.5 Å². The number of nitrogens with zero attached hydrogens (tertiary/aromatic N) is 1. The summed E-state index contributed by atoms with van der Waals surface area (Å²) in [5, 5.41) is 14.9. The highest BCUT2D eigenvalue weighted by atomic mass is 35.5. The molecule has 130 valence electrons. The van der Waals surface area contributed by atoms with E-state index in [-0.39, 0.29) is 6.61 Å². The molecule has 0 radical (unpaired) electrons. The highest BCUT2D eigenvalue weighted by molar-refractivity contribution is 6.39. The van der Waals surface area contributed by atoms with E-state index >= 15 is 0 Å². The Morgan fingerprint density at radius 1 is 0.960 bits per heavy atom. The third kappa shape index (κ3) is 3.06. The Morgan fingerprint density at radius 2 is 1.52 bits per heavy atom. The second kappa shape index (κ2) is 7.35. The summed E-state index contributed by atoms with van der Waals surface area (Å²) < 4.78 is 16.3. The van der Waals surface area contributed by atoms with Gasteiger partial charge in [0, 0.05) is 5.56 Å². The normalized spacial score (nSPS) is 10.8. The van der Waals surface area contributed by atoms with Gasteiger partial charge in [0.1, 0.15) is 22.8 Å². The van der Waals surface area contributed by atoms with Crippen LogP contribution in [0, 0.1) is 0 Å². The second-order valence-corrected chi connectivity index (χ2v) is 5.95. The summed E-state index contributed by atoms with van der Waals surface area (Å²) in [5.74, 6) is 1.40. The first kappa shape index (κ1) is 17.6. The molecule has 0 fully saturated rings. The third-order valence-electron chi connectivity index (χ3n) is 3.80. The van der Waals surface area contributed by atoms with Crippen LogP contribution < -0.4 is 9.47 Å². The number of ether oxygens (including phenoxy) is 2. The smallest absolute Gasteiger partial charge is 0.180 e. The number of aromatic nitrogens is 1. The van der Waals surface area contributed by atoms with Gasteiger partial charge in [0.05, 0.1) is 36.4 Å². The quantitative estimate of drug-likeness (QED) is 0.687. The van der Waals surface area contributed by atoms with Gasteiger partial charge in [0.25, 0.3) is 0 Å². The highest BCUT2D eigenvalue weighted by Gasteiger charge is 2.26. The van der Waals surface area contributed by atoms with E-state index in [9.17, 15) is 5.11 Å². The molecule has 3 rings (SSSR count). The van der Waals surface area contributed by atoms with Gasteiger partial charge in [-0.15, -0.1) is 0 Å². The number of aliphatic hydroxyl groups is 1. The molecule has 0 spiro atoms. The molecule has 0 aliphatic rings. The first-order valence-corrected chi connectivity index (χ1v) is 8.13. The van der Waals surface area contributed by atoms with Crippen LogP contribution in [-0.2, 0) is 6.61 Å². The fraction of sp³-hybridized carbons (Fsp3) is 0.167. The lowest BCUT2D eigenvalue weighted by Crippen LogP contribution is -1.95. The lowest BCUT2D eigenvalue weighted by Gasteiger charge is -2.11. The molecule has 1 heterocycles. The molecule has 7 heteroatoms. The maximum Gasteiger partial charge on any atom is 0.180 e. The number of aliphatic hydroxyl groups excluding tert-OH is 1. The molecular formula is C18H15Cl2NO4. The van der Waals surface area contributed by atoms with Gasteiger partial charge in [0.2, 0.25) is 0 Å². The number of rotatable bonds is 5. The average Bonchev–Trinajstić information content (AvgIpc) is 3.03. The van der Waals surface area contributed by atoms with Crippen molar-refractivity contribution in [3.63, 3.8) is 0 Å². The minimum absolute atomic E-state index is 0.322. The Morgan fingerprint density at radius 3 is 2.04 bits per heavy atom. The number of methoxy groups -OCH3 is 2. The van der Waals surface area contributed by atoms with Gasteiger partial charge in [-0.25, -0.2) is 0 Å². The van der Waals surface area contributed by atoms with E-state index in [0.29, 0.717) is 49.7 Å². The first-order valence-electron chi connectivity index (χ1n) is 7.37.